The number of benzene rings is 1. The van der Waals surface area contributed by atoms with Crippen molar-refractivity contribution in [2.24, 2.45) is 0 Å². The predicted molar refractivity (Wildman–Crippen MR) is 88.4 cm³/mol. The van der Waals surface area contributed by atoms with E-state index in [0.717, 1.165) is 37.3 Å². The summed E-state index contributed by atoms with van der Waals surface area (Å²) < 4.78 is 6.96. The molecule has 1 saturated heterocycles. The second kappa shape index (κ2) is 8.01. The van der Waals surface area contributed by atoms with Crippen molar-refractivity contribution in [3.8, 4) is 0 Å². The van der Waals surface area contributed by atoms with Gasteiger partial charge in [0.2, 0.25) is 0 Å². The molecule has 0 radical (unpaired) electrons. The van der Waals surface area contributed by atoms with Gasteiger partial charge in [0.15, 0.2) is 0 Å². The van der Waals surface area contributed by atoms with Crippen LogP contribution in [0.1, 0.15) is 32.3 Å². The van der Waals surface area contributed by atoms with Gasteiger partial charge in [-0.3, -0.25) is 0 Å². The first kappa shape index (κ1) is 15.8. The van der Waals surface area contributed by atoms with Crippen molar-refractivity contribution in [3.05, 3.63) is 28.2 Å². The van der Waals surface area contributed by atoms with Crippen molar-refractivity contribution in [2.75, 3.05) is 31.1 Å². The second-order valence-electron chi connectivity index (χ2n) is 5.22. The number of anilines is 1. The van der Waals surface area contributed by atoms with E-state index in [1.165, 1.54) is 24.1 Å². The van der Waals surface area contributed by atoms with E-state index in [1.807, 2.05) is 0 Å². The number of nitrogens with zero attached hydrogens (tertiary/aromatic N) is 1. The van der Waals surface area contributed by atoms with Crippen LogP contribution in [0.4, 0.5) is 5.69 Å². The summed E-state index contributed by atoms with van der Waals surface area (Å²) in [5.41, 5.74) is 2.71. The van der Waals surface area contributed by atoms with Crippen LogP contribution in [0.2, 0.25) is 0 Å². The third-order valence-electron chi connectivity index (χ3n) is 3.73. The van der Waals surface area contributed by atoms with Crippen molar-refractivity contribution >= 4 is 21.6 Å². The summed E-state index contributed by atoms with van der Waals surface area (Å²) in [6.07, 6.45) is 2.77. The summed E-state index contributed by atoms with van der Waals surface area (Å²) in [5.74, 6) is 0. The van der Waals surface area contributed by atoms with Crippen LogP contribution in [0.15, 0.2) is 22.7 Å². The summed E-state index contributed by atoms with van der Waals surface area (Å²) in [5, 5.41) is 3.43. The monoisotopic (exact) mass is 340 g/mol. The average molecular weight is 341 g/mol. The summed E-state index contributed by atoms with van der Waals surface area (Å²) in [7, 11) is 0. The van der Waals surface area contributed by atoms with E-state index in [4.69, 9.17) is 4.74 Å². The Labute approximate surface area is 130 Å². The van der Waals surface area contributed by atoms with Gasteiger partial charge < -0.3 is 15.0 Å². The molecule has 0 aliphatic carbocycles. The average Bonchev–Trinajstić information content (AvgIpc) is 2.46. The normalized spacial score (nSPS) is 19.4. The number of nitrogens with one attached hydrogen (secondary N) is 1. The second-order valence-corrected chi connectivity index (χ2v) is 6.13. The molecule has 0 bridgehead atoms. The molecule has 1 heterocycles. The zero-order valence-electron chi connectivity index (χ0n) is 12.5. The van der Waals surface area contributed by atoms with Gasteiger partial charge in [-0.2, -0.15) is 0 Å². The molecule has 0 aromatic heterocycles. The Morgan fingerprint density at radius 3 is 3.00 bits per heavy atom. The maximum Gasteiger partial charge on any atom is 0.0750 e. The third kappa shape index (κ3) is 4.21. The highest BCUT2D eigenvalue weighted by atomic mass is 79.9. The molecule has 4 heteroatoms. The minimum atomic E-state index is 0.379. The minimum Gasteiger partial charge on any atom is -0.377 e. The number of halogens is 1. The molecule has 1 unspecified atom stereocenters. The number of piperidine rings is 1. The molecule has 20 heavy (non-hydrogen) atoms. The number of rotatable bonds is 6. The quantitative estimate of drug-likeness (QED) is 0.856. The van der Waals surface area contributed by atoms with E-state index in [0.29, 0.717) is 6.10 Å². The molecular formula is C16H25BrN2O. The smallest absolute Gasteiger partial charge is 0.0750 e. The van der Waals surface area contributed by atoms with Crippen LogP contribution < -0.4 is 10.2 Å². The molecule has 0 amide bonds. The molecule has 3 nitrogen and oxygen atoms in total. The zero-order valence-corrected chi connectivity index (χ0v) is 14.1. The van der Waals surface area contributed by atoms with Crippen LogP contribution in [-0.2, 0) is 11.3 Å². The van der Waals surface area contributed by atoms with E-state index < -0.39 is 0 Å². The molecule has 1 aromatic carbocycles. The Hall–Kier alpha value is -0.580. The van der Waals surface area contributed by atoms with Crippen molar-refractivity contribution in [3.63, 3.8) is 0 Å². The highest BCUT2D eigenvalue weighted by molar-refractivity contribution is 9.10. The third-order valence-corrected chi connectivity index (χ3v) is 4.22. The van der Waals surface area contributed by atoms with Crippen LogP contribution in [0.3, 0.4) is 0 Å². The highest BCUT2D eigenvalue weighted by Crippen LogP contribution is 2.28. The largest absolute Gasteiger partial charge is 0.377 e. The van der Waals surface area contributed by atoms with Crippen molar-refractivity contribution in [1.29, 1.82) is 0 Å². The Balaban J connectivity index is 2.13. The van der Waals surface area contributed by atoms with Gasteiger partial charge in [-0.05, 0) is 50.1 Å². The van der Waals surface area contributed by atoms with Gasteiger partial charge in [-0.25, -0.2) is 0 Å². The molecule has 1 N–H and O–H groups in total. The van der Waals surface area contributed by atoms with Crippen LogP contribution >= 0.6 is 15.9 Å². The van der Waals surface area contributed by atoms with Crippen molar-refractivity contribution in [1.82, 2.24) is 5.32 Å². The number of hydrogen-bond acceptors (Lipinski definition) is 3. The predicted octanol–water partition coefficient (Wildman–Crippen LogP) is 3.56. The van der Waals surface area contributed by atoms with E-state index in [1.54, 1.807) is 0 Å². The van der Waals surface area contributed by atoms with Gasteiger partial charge in [-0.1, -0.05) is 22.9 Å². The maximum atomic E-state index is 5.81. The Morgan fingerprint density at radius 2 is 2.25 bits per heavy atom. The van der Waals surface area contributed by atoms with Crippen molar-refractivity contribution in [2.45, 2.75) is 39.3 Å². The topological polar surface area (TPSA) is 24.5 Å². The molecule has 1 aliphatic heterocycles. The van der Waals surface area contributed by atoms with E-state index >= 15 is 0 Å². The lowest BCUT2D eigenvalue weighted by Gasteiger charge is -2.35. The standard InChI is InChI=1S/C16H25BrN2O/c1-3-18-11-13-10-14(17)7-8-16(13)19-9-5-6-15(12-19)20-4-2/h7-8,10,15,18H,3-6,9,11-12H2,1-2H3. The van der Waals surface area contributed by atoms with Crippen LogP contribution in [-0.4, -0.2) is 32.3 Å². The molecule has 1 fully saturated rings. The Kier molecular flexibility index (Phi) is 6.33. The van der Waals surface area contributed by atoms with E-state index in [9.17, 15) is 0 Å². The summed E-state index contributed by atoms with van der Waals surface area (Å²) in [4.78, 5) is 2.48. The fourth-order valence-electron chi connectivity index (χ4n) is 2.79. The van der Waals surface area contributed by atoms with Gasteiger partial charge in [0, 0.05) is 36.4 Å². The lowest BCUT2D eigenvalue weighted by Crippen LogP contribution is -2.40. The Bertz CT molecular complexity index is 423. The molecule has 1 atom stereocenters. The van der Waals surface area contributed by atoms with Crippen LogP contribution in [0.5, 0.6) is 0 Å². The molecule has 1 aromatic rings. The minimum absolute atomic E-state index is 0.379. The lowest BCUT2D eigenvalue weighted by molar-refractivity contribution is 0.0526. The van der Waals surface area contributed by atoms with Gasteiger partial charge in [0.1, 0.15) is 0 Å². The van der Waals surface area contributed by atoms with Gasteiger partial charge in [-0.15, -0.1) is 0 Å². The van der Waals surface area contributed by atoms with Crippen molar-refractivity contribution < 1.29 is 4.74 Å². The molecule has 0 spiro atoms. The first-order valence-electron chi connectivity index (χ1n) is 7.60. The fraction of sp³-hybridized carbons (Fsp3) is 0.625. The van der Waals surface area contributed by atoms with Crippen LogP contribution in [0, 0.1) is 0 Å². The van der Waals surface area contributed by atoms with E-state index in [-0.39, 0.29) is 0 Å². The molecule has 0 saturated carbocycles. The Morgan fingerprint density at radius 1 is 1.40 bits per heavy atom. The molecule has 2 rings (SSSR count). The summed E-state index contributed by atoms with van der Waals surface area (Å²) >= 11 is 3.58. The van der Waals surface area contributed by atoms with Gasteiger partial charge >= 0.3 is 0 Å². The number of ether oxygens (including phenoxy) is 1. The maximum absolute atomic E-state index is 5.81. The fourth-order valence-corrected chi connectivity index (χ4v) is 3.20. The molecule has 112 valence electrons. The van der Waals surface area contributed by atoms with Gasteiger partial charge in [0.25, 0.3) is 0 Å². The molecular weight excluding hydrogens is 316 g/mol. The summed E-state index contributed by atoms with van der Waals surface area (Å²) in [6.45, 7) is 9.08. The SMILES string of the molecule is CCNCc1cc(Br)ccc1N1CCCC(OCC)C1. The van der Waals surface area contributed by atoms with E-state index in [2.05, 4.69) is 58.2 Å². The highest BCUT2D eigenvalue weighted by Gasteiger charge is 2.21. The number of hydrogen-bond donors (Lipinski definition) is 1. The van der Waals surface area contributed by atoms with Crippen LogP contribution in [0.25, 0.3) is 0 Å². The van der Waals surface area contributed by atoms with Gasteiger partial charge in [0.05, 0.1) is 6.10 Å². The summed E-state index contributed by atoms with van der Waals surface area (Å²) in [6, 6.07) is 6.59. The molecule has 1 aliphatic rings. The zero-order chi connectivity index (χ0) is 14.4. The lowest BCUT2D eigenvalue weighted by atomic mass is 10.0. The first-order valence-corrected chi connectivity index (χ1v) is 8.39. The first-order chi connectivity index (χ1) is 9.74.